The maximum atomic E-state index is 11.0. The third kappa shape index (κ3) is 1.56. The first kappa shape index (κ1) is 8.68. The molecule has 2 amide bonds. The Kier molecular flexibility index (Phi) is 2.14. The number of hydrogen-bond donors (Lipinski definition) is 2. The van der Waals surface area contributed by atoms with Gasteiger partial charge in [-0.3, -0.25) is 14.6 Å². The highest BCUT2D eigenvalue weighted by Crippen LogP contribution is 2.12. The summed E-state index contributed by atoms with van der Waals surface area (Å²) in [5.74, 6) is -1.16. The summed E-state index contributed by atoms with van der Waals surface area (Å²) in [6, 6.07) is 3.47. The number of rotatable bonds is 1. The highest BCUT2D eigenvalue weighted by Gasteiger charge is 2.25. The lowest BCUT2D eigenvalue weighted by Crippen LogP contribution is -2.51. The maximum absolute atomic E-state index is 11.0. The molecule has 0 aromatic carbocycles. The van der Waals surface area contributed by atoms with Crippen molar-refractivity contribution in [2.24, 2.45) is 0 Å². The molecule has 1 aliphatic rings. The molecule has 5 heteroatoms. The molecule has 1 aliphatic heterocycles. The van der Waals surface area contributed by atoms with E-state index >= 15 is 0 Å². The molecule has 5 nitrogen and oxygen atoms in total. The number of carbonyl (C=O) groups excluding carboxylic acids is 2. The minimum atomic E-state index is -0.585. The standard InChI is InChI=1S/C9H9N3O2/c13-8-9(14)12-7(5-11-8)6-1-3-10-4-2-6/h1-4,7H,5H2,(H,11,13)(H,12,14). The third-order valence-electron chi connectivity index (χ3n) is 2.09. The van der Waals surface area contributed by atoms with Gasteiger partial charge < -0.3 is 10.6 Å². The van der Waals surface area contributed by atoms with Crippen molar-refractivity contribution in [2.45, 2.75) is 6.04 Å². The lowest BCUT2D eigenvalue weighted by atomic mass is 10.1. The van der Waals surface area contributed by atoms with Gasteiger partial charge in [-0.1, -0.05) is 0 Å². The number of nitrogens with zero attached hydrogens (tertiary/aromatic N) is 1. The first-order valence-corrected chi connectivity index (χ1v) is 4.26. The van der Waals surface area contributed by atoms with Crippen molar-refractivity contribution in [1.29, 1.82) is 0 Å². The number of aromatic nitrogens is 1. The molecule has 1 unspecified atom stereocenters. The minimum absolute atomic E-state index is 0.150. The largest absolute Gasteiger partial charge is 0.345 e. The molecule has 2 heterocycles. The molecule has 0 saturated carbocycles. The second-order valence-corrected chi connectivity index (χ2v) is 3.02. The topological polar surface area (TPSA) is 71.1 Å². The Morgan fingerprint density at radius 1 is 1.21 bits per heavy atom. The van der Waals surface area contributed by atoms with Gasteiger partial charge in [0.05, 0.1) is 6.04 Å². The van der Waals surface area contributed by atoms with Gasteiger partial charge in [0.2, 0.25) is 0 Å². The normalized spacial score (nSPS) is 21.3. The lowest BCUT2D eigenvalue weighted by molar-refractivity contribution is -0.141. The predicted octanol–water partition coefficient (Wildman–Crippen LogP) is -0.631. The number of hydrogen-bond acceptors (Lipinski definition) is 3. The van der Waals surface area contributed by atoms with Crippen LogP contribution in [0.1, 0.15) is 11.6 Å². The van der Waals surface area contributed by atoms with E-state index in [1.54, 1.807) is 12.4 Å². The highest BCUT2D eigenvalue weighted by molar-refractivity contribution is 6.35. The van der Waals surface area contributed by atoms with Gasteiger partial charge in [-0.05, 0) is 17.7 Å². The third-order valence-corrected chi connectivity index (χ3v) is 2.09. The molecule has 0 bridgehead atoms. The SMILES string of the molecule is O=C1NCC(c2ccncc2)NC1=O. The monoisotopic (exact) mass is 191 g/mol. The maximum Gasteiger partial charge on any atom is 0.309 e. The van der Waals surface area contributed by atoms with Crippen molar-refractivity contribution >= 4 is 11.8 Å². The van der Waals surface area contributed by atoms with E-state index in [9.17, 15) is 9.59 Å². The van der Waals surface area contributed by atoms with Crippen LogP contribution in [0.3, 0.4) is 0 Å². The molecular weight excluding hydrogens is 182 g/mol. The molecule has 2 N–H and O–H groups in total. The zero-order valence-corrected chi connectivity index (χ0v) is 7.36. The van der Waals surface area contributed by atoms with Crippen LogP contribution in [-0.2, 0) is 9.59 Å². The minimum Gasteiger partial charge on any atom is -0.345 e. The molecule has 0 radical (unpaired) electrons. The Bertz CT molecular complexity index is 364. The first-order valence-electron chi connectivity index (χ1n) is 4.26. The average molecular weight is 191 g/mol. The summed E-state index contributed by atoms with van der Waals surface area (Å²) in [4.78, 5) is 25.7. The van der Waals surface area contributed by atoms with E-state index in [2.05, 4.69) is 15.6 Å². The molecule has 72 valence electrons. The van der Waals surface area contributed by atoms with Crippen molar-refractivity contribution in [3.8, 4) is 0 Å². The van der Waals surface area contributed by atoms with Crippen LogP contribution in [0.4, 0.5) is 0 Å². The fourth-order valence-electron chi connectivity index (χ4n) is 1.35. The number of pyridine rings is 1. The summed E-state index contributed by atoms with van der Waals surface area (Å²) >= 11 is 0. The fourth-order valence-corrected chi connectivity index (χ4v) is 1.35. The zero-order valence-electron chi connectivity index (χ0n) is 7.36. The smallest absolute Gasteiger partial charge is 0.309 e. The van der Waals surface area contributed by atoms with E-state index in [0.29, 0.717) is 6.54 Å². The molecule has 2 rings (SSSR count). The van der Waals surface area contributed by atoms with Crippen LogP contribution >= 0.6 is 0 Å². The summed E-state index contributed by atoms with van der Waals surface area (Å²) in [5, 5.41) is 5.11. The van der Waals surface area contributed by atoms with E-state index in [4.69, 9.17) is 0 Å². The Morgan fingerprint density at radius 3 is 2.57 bits per heavy atom. The molecule has 1 atom stereocenters. The van der Waals surface area contributed by atoms with Crippen molar-refractivity contribution in [3.63, 3.8) is 0 Å². The Hall–Kier alpha value is -1.91. The van der Waals surface area contributed by atoms with Crippen LogP contribution in [0.2, 0.25) is 0 Å². The Labute approximate surface area is 80.5 Å². The molecule has 1 aromatic heterocycles. The van der Waals surface area contributed by atoms with E-state index in [-0.39, 0.29) is 6.04 Å². The van der Waals surface area contributed by atoms with Crippen LogP contribution in [0.25, 0.3) is 0 Å². The van der Waals surface area contributed by atoms with E-state index in [1.165, 1.54) is 0 Å². The predicted molar refractivity (Wildman–Crippen MR) is 48.1 cm³/mol. The number of nitrogens with one attached hydrogen (secondary N) is 2. The molecular formula is C9H9N3O2. The summed E-state index contributed by atoms with van der Waals surface area (Å²) in [7, 11) is 0. The van der Waals surface area contributed by atoms with Gasteiger partial charge in [0.15, 0.2) is 0 Å². The molecule has 1 fully saturated rings. The second-order valence-electron chi connectivity index (χ2n) is 3.02. The molecule has 0 aliphatic carbocycles. The zero-order chi connectivity index (χ0) is 9.97. The van der Waals surface area contributed by atoms with E-state index in [1.807, 2.05) is 12.1 Å². The molecule has 14 heavy (non-hydrogen) atoms. The van der Waals surface area contributed by atoms with Crippen molar-refractivity contribution in [2.75, 3.05) is 6.54 Å². The lowest BCUT2D eigenvalue weighted by Gasteiger charge is -2.23. The van der Waals surface area contributed by atoms with E-state index in [0.717, 1.165) is 5.56 Å². The Morgan fingerprint density at radius 2 is 1.93 bits per heavy atom. The van der Waals surface area contributed by atoms with Gasteiger partial charge in [0.25, 0.3) is 0 Å². The van der Waals surface area contributed by atoms with Gasteiger partial charge in [0.1, 0.15) is 0 Å². The number of piperazine rings is 1. The summed E-state index contributed by atoms with van der Waals surface area (Å²) < 4.78 is 0. The van der Waals surface area contributed by atoms with Crippen LogP contribution in [-0.4, -0.2) is 23.3 Å². The second kappa shape index (κ2) is 3.45. The average Bonchev–Trinajstić information content (AvgIpc) is 2.23. The first-order chi connectivity index (χ1) is 6.77. The van der Waals surface area contributed by atoms with Crippen LogP contribution in [0, 0.1) is 0 Å². The Balaban J connectivity index is 2.14. The van der Waals surface area contributed by atoms with Crippen LogP contribution < -0.4 is 10.6 Å². The molecule has 0 spiro atoms. The van der Waals surface area contributed by atoms with Crippen molar-refractivity contribution in [3.05, 3.63) is 30.1 Å². The number of amides is 2. The fraction of sp³-hybridized carbons (Fsp3) is 0.222. The summed E-state index contributed by atoms with van der Waals surface area (Å²) in [6.07, 6.45) is 3.30. The van der Waals surface area contributed by atoms with Crippen LogP contribution in [0.15, 0.2) is 24.5 Å². The molecule has 1 aromatic rings. The van der Waals surface area contributed by atoms with Crippen molar-refractivity contribution in [1.82, 2.24) is 15.6 Å². The molecule has 1 saturated heterocycles. The summed E-state index contributed by atoms with van der Waals surface area (Å²) in [5.41, 5.74) is 0.938. The van der Waals surface area contributed by atoms with Gasteiger partial charge in [0, 0.05) is 18.9 Å². The summed E-state index contributed by atoms with van der Waals surface area (Å²) in [6.45, 7) is 0.425. The van der Waals surface area contributed by atoms with E-state index < -0.39 is 11.8 Å². The van der Waals surface area contributed by atoms with Gasteiger partial charge in [-0.2, -0.15) is 0 Å². The number of carbonyl (C=O) groups is 2. The highest BCUT2D eigenvalue weighted by atomic mass is 16.2. The van der Waals surface area contributed by atoms with Crippen LogP contribution in [0.5, 0.6) is 0 Å². The van der Waals surface area contributed by atoms with Gasteiger partial charge >= 0.3 is 11.8 Å². The van der Waals surface area contributed by atoms with Crippen molar-refractivity contribution < 1.29 is 9.59 Å². The van der Waals surface area contributed by atoms with Gasteiger partial charge in [-0.15, -0.1) is 0 Å². The van der Waals surface area contributed by atoms with Gasteiger partial charge in [-0.25, -0.2) is 0 Å². The quantitative estimate of drug-likeness (QED) is 0.580.